The maximum absolute atomic E-state index is 12.5. The second-order valence-corrected chi connectivity index (χ2v) is 6.02. The van der Waals surface area contributed by atoms with Gasteiger partial charge in [0.05, 0.1) is 6.61 Å². The van der Waals surface area contributed by atoms with Crippen molar-refractivity contribution in [1.82, 2.24) is 10.4 Å². The Morgan fingerprint density at radius 3 is 2.80 bits per heavy atom. The highest BCUT2D eigenvalue weighted by atomic mass is 16.5. The molecule has 1 aromatic rings. The zero-order chi connectivity index (χ0) is 18.3. The first-order chi connectivity index (χ1) is 12.0. The maximum Gasteiger partial charge on any atom is 0.266 e. The van der Waals surface area contributed by atoms with Crippen molar-refractivity contribution in [3.05, 3.63) is 42.5 Å². The van der Waals surface area contributed by atoms with Crippen LogP contribution in [0.2, 0.25) is 0 Å². The molecule has 0 unspecified atom stereocenters. The van der Waals surface area contributed by atoms with Crippen molar-refractivity contribution < 1.29 is 19.4 Å². The summed E-state index contributed by atoms with van der Waals surface area (Å²) in [4.78, 5) is 17.1. The molecule has 2 N–H and O–H groups in total. The molecule has 0 spiro atoms. The summed E-state index contributed by atoms with van der Waals surface area (Å²) >= 11 is 0. The minimum Gasteiger partial charge on any atom is -0.494 e. The second kappa shape index (κ2) is 8.64. The van der Waals surface area contributed by atoms with E-state index in [1.165, 1.54) is 0 Å². The molecule has 0 bridgehead atoms. The van der Waals surface area contributed by atoms with Crippen molar-refractivity contribution in [2.75, 3.05) is 33.9 Å². The fourth-order valence-corrected chi connectivity index (χ4v) is 2.40. The van der Waals surface area contributed by atoms with Crippen LogP contribution in [0.25, 0.3) is 0 Å². The Balaban J connectivity index is 2.14. The largest absolute Gasteiger partial charge is 0.494 e. The molecule has 136 valence electrons. The third-order valence-corrected chi connectivity index (χ3v) is 3.67. The van der Waals surface area contributed by atoms with Gasteiger partial charge in [0, 0.05) is 39.1 Å². The number of nitrogens with zero attached hydrogens (tertiary/aromatic N) is 2. The third-order valence-electron chi connectivity index (χ3n) is 3.67. The van der Waals surface area contributed by atoms with Gasteiger partial charge in [-0.05, 0) is 24.3 Å². The topological polar surface area (TPSA) is 83.4 Å². The standard InChI is InChI=1S/C18H25N3O4/c1-4-10-18(17(23)20-21(2)3)13-25-16(19-18)14-6-8-15(9-7-14)24-12-5-11-22/h4,6-9,22H,1,5,10-13H2,2-3H3,(H,20,23)/t18-/m0/s1. The molecule has 25 heavy (non-hydrogen) atoms. The van der Waals surface area contributed by atoms with E-state index >= 15 is 0 Å². The fourth-order valence-electron chi connectivity index (χ4n) is 2.40. The van der Waals surface area contributed by atoms with Crippen LogP contribution in [-0.4, -0.2) is 61.4 Å². The summed E-state index contributed by atoms with van der Waals surface area (Å²) in [5, 5.41) is 10.4. The lowest BCUT2D eigenvalue weighted by atomic mass is 9.97. The zero-order valence-corrected chi connectivity index (χ0v) is 14.7. The van der Waals surface area contributed by atoms with E-state index in [-0.39, 0.29) is 19.1 Å². The normalized spacial score (nSPS) is 19.3. The Hall–Kier alpha value is -2.38. The summed E-state index contributed by atoms with van der Waals surface area (Å²) in [6.45, 7) is 4.45. The number of nitrogens with one attached hydrogen (secondary N) is 1. The monoisotopic (exact) mass is 347 g/mol. The van der Waals surface area contributed by atoms with Crippen LogP contribution in [0.1, 0.15) is 18.4 Å². The average molecular weight is 347 g/mol. The number of hydrogen-bond acceptors (Lipinski definition) is 6. The molecule has 1 aliphatic heterocycles. The number of hydrogen-bond donors (Lipinski definition) is 2. The van der Waals surface area contributed by atoms with E-state index in [0.29, 0.717) is 31.1 Å². The summed E-state index contributed by atoms with van der Waals surface area (Å²) in [5.74, 6) is 0.910. The van der Waals surface area contributed by atoms with Gasteiger partial charge in [0.15, 0.2) is 5.54 Å². The molecule has 1 aliphatic rings. The van der Waals surface area contributed by atoms with Crippen LogP contribution in [-0.2, 0) is 9.53 Å². The quantitative estimate of drug-likeness (QED) is 0.397. The Morgan fingerprint density at radius 1 is 1.48 bits per heavy atom. The summed E-state index contributed by atoms with van der Waals surface area (Å²) in [6.07, 6.45) is 2.64. The van der Waals surface area contributed by atoms with E-state index < -0.39 is 5.54 Å². The Bertz CT molecular complexity index is 628. The van der Waals surface area contributed by atoms with Crippen molar-refractivity contribution in [3.8, 4) is 5.75 Å². The van der Waals surface area contributed by atoms with E-state index in [0.717, 1.165) is 5.56 Å². The van der Waals surface area contributed by atoms with Gasteiger partial charge in [0.1, 0.15) is 12.4 Å². The highest BCUT2D eigenvalue weighted by molar-refractivity contribution is 6.00. The highest BCUT2D eigenvalue weighted by Crippen LogP contribution is 2.27. The number of aliphatic imine (C=N–C) groups is 1. The van der Waals surface area contributed by atoms with Gasteiger partial charge in [-0.2, -0.15) is 0 Å². The van der Waals surface area contributed by atoms with Crippen LogP contribution in [0.3, 0.4) is 0 Å². The highest BCUT2D eigenvalue weighted by Gasteiger charge is 2.43. The molecule has 0 fully saturated rings. The van der Waals surface area contributed by atoms with Gasteiger partial charge in [-0.1, -0.05) is 6.08 Å². The second-order valence-electron chi connectivity index (χ2n) is 6.02. The molecule has 0 aromatic heterocycles. The van der Waals surface area contributed by atoms with Crippen molar-refractivity contribution in [1.29, 1.82) is 0 Å². The Labute approximate surface area is 147 Å². The van der Waals surface area contributed by atoms with Crippen molar-refractivity contribution in [2.45, 2.75) is 18.4 Å². The number of carbonyl (C=O) groups is 1. The number of ether oxygens (including phenoxy) is 2. The molecular weight excluding hydrogens is 322 g/mol. The number of aliphatic hydroxyl groups is 1. The summed E-state index contributed by atoms with van der Waals surface area (Å²) in [6, 6.07) is 7.29. The van der Waals surface area contributed by atoms with E-state index in [4.69, 9.17) is 14.6 Å². The minimum atomic E-state index is -1.00. The van der Waals surface area contributed by atoms with Gasteiger partial charge in [0.25, 0.3) is 5.91 Å². The van der Waals surface area contributed by atoms with Gasteiger partial charge in [-0.15, -0.1) is 6.58 Å². The van der Waals surface area contributed by atoms with Crippen molar-refractivity contribution in [2.24, 2.45) is 4.99 Å². The predicted octanol–water partition coefficient (Wildman–Crippen LogP) is 1.13. The van der Waals surface area contributed by atoms with E-state index in [1.54, 1.807) is 25.2 Å². The lowest BCUT2D eigenvalue weighted by Crippen LogP contribution is -2.50. The van der Waals surface area contributed by atoms with Crippen LogP contribution in [0.4, 0.5) is 0 Å². The van der Waals surface area contributed by atoms with Gasteiger partial charge in [-0.25, -0.2) is 10.0 Å². The number of aliphatic hydroxyl groups excluding tert-OH is 1. The van der Waals surface area contributed by atoms with Crippen LogP contribution in [0, 0.1) is 0 Å². The molecule has 7 nitrogen and oxygen atoms in total. The summed E-state index contributed by atoms with van der Waals surface area (Å²) in [7, 11) is 3.49. The Morgan fingerprint density at radius 2 is 2.20 bits per heavy atom. The van der Waals surface area contributed by atoms with Gasteiger partial charge in [0.2, 0.25) is 5.90 Å². The number of benzene rings is 1. The smallest absolute Gasteiger partial charge is 0.266 e. The van der Waals surface area contributed by atoms with E-state index in [1.807, 2.05) is 24.3 Å². The zero-order valence-electron chi connectivity index (χ0n) is 14.7. The van der Waals surface area contributed by atoms with Crippen molar-refractivity contribution >= 4 is 11.8 Å². The molecule has 1 atom stereocenters. The van der Waals surface area contributed by atoms with Gasteiger partial charge >= 0.3 is 0 Å². The lowest BCUT2D eigenvalue weighted by molar-refractivity contribution is -0.130. The molecule has 1 aromatic carbocycles. The maximum atomic E-state index is 12.5. The first kappa shape index (κ1) is 19.0. The fraction of sp³-hybridized carbons (Fsp3) is 0.444. The average Bonchev–Trinajstić information content (AvgIpc) is 3.01. The van der Waals surface area contributed by atoms with Crippen molar-refractivity contribution in [3.63, 3.8) is 0 Å². The molecular formula is C18H25N3O4. The molecule has 1 amide bonds. The van der Waals surface area contributed by atoms with Crippen LogP contribution < -0.4 is 10.2 Å². The summed E-state index contributed by atoms with van der Waals surface area (Å²) in [5.41, 5.74) is 2.51. The third kappa shape index (κ3) is 4.80. The number of hydrazine groups is 1. The van der Waals surface area contributed by atoms with Gasteiger partial charge in [-0.3, -0.25) is 10.2 Å². The van der Waals surface area contributed by atoms with Crippen LogP contribution in [0.15, 0.2) is 41.9 Å². The SMILES string of the molecule is C=CC[C@@]1(C(=O)NN(C)C)COC(c2ccc(OCCCO)cc2)=N1. The lowest BCUT2D eigenvalue weighted by Gasteiger charge is -2.23. The molecule has 7 heteroatoms. The van der Waals surface area contributed by atoms with Crippen LogP contribution >= 0.6 is 0 Å². The molecule has 0 saturated carbocycles. The van der Waals surface area contributed by atoms with E-state index in [9.17, 15) is 4.79 Å². The first-order valence-electron chi connectivity index (χ1n) is 8.17. The number of carbonyl (C=O) groups excluding carboxylic acids is 1. The molecule has 0 aliphatic carbocycles. The molecule has 1 heterocycles. The van der Waals surface area contributed by atoms with Gasteiger partial charge < -0.3 is 14.6 Å². The number of rotatable bonds is 9. The Kier molecular flexibility index (Phi) is 6.55. The molecule has 0 radical (unpaired) electrons. The van der Waals surface area contributed by atoms with E-state index in [2.05, 4.69) is 17.0 Å². The predicted molar refractivity (Wildman–Crippen MR) is 95.5 cm³/mol. The molecule has 0 saturated heterocycles. The minimum absolute atomic E-state index is 0.100. The number of amides is 1. The summed E-state index contributed by atoms with van der Waals surface area (Å²) < 4.78 is 11.2. The molecule has 2 rings (SSSR count). The first-order valence-corrected chi connectivity index (χ1v) is 8.17. The van der Waals surface area contributed by atoms with Crippen LogP contribution in [0.5, 0.6) is 5.75 Å².